The van der Waals surface area contributed by atoms with E-state index in [-0.39, 0.29) is 0 Å². The van der Waals surface area contributed by atoms with Crippen molar-refractivity contribution < 1.29 is 4.49 Å². The van der Waals surface area contributed by atoms with Gasteiger partial charge in [-0.25, -0.2) is 0 Å². The molecule has 0 fully saturated rings. The molecule has 0 N–H and O–H groups in total. The number of benzene rings is 3. The summed E-state index contributed by atoms with van der Waals surface area (Å²) in [7, 11) is 0. The average molecular weight is 413 g/mol. The Bertz CT molecular complexity index is 1080. The van der Waals surface area contributed by atoms with E-state index in [4.69, 9.17) is 0 Å². The van der Waals surface area contributed by atoms with Gasteiger partial charge in [-0.2, -0.15) is 0 Å². The second-order valence-electron chi connectivity index (χ2n) is 6.95. The predicted octanol–water partition coefficient (Wildman–Crippen LogP) is 4.13. The molecule has 5 rings (SSSR count). The number of hydrogen-bond acceptors (Lipinski definition) is 0. The Hall–Kier alpha value is -2.85. The zero-order chi connectivity index (χ0) is 18.3. The molecule has 0 bridgehead atoms. The maximum absolute atomic E-state index is 3.56. The molecular formula is C23H18BBrN2. The molecule has 1 aliphatic heterocycles. The van der Waals surface area contributed by atoms with Gasteiger partial charge in [-0.1, -0.05) is 76.6 Å². The molecule has 0 radical (unpaired) electrons. The lowest BCUT2D eigenvalue weighted by atomic mass is 9.36. The summed E-state index contributed by atoms with van der Waals surface area (Å²) in [6.07, 6.45) is 3.10. The zero-order valence-electron chi connectivity index (χ0n) is 14.7. The minimum atomic E-state index is -1.36. The highest BCUT2D eigenvalue weighted by Crippen LogP contribution is 2.27. The van der Waals surface area contributed by atoms with Crippen LogP contribution in [-0.2, 0) is 0 Å². The van der Waals surface area contributed by atoms with Crippen LogP contribution in [0.1, 0.15) is 5.69 Å². The molecule has 2 nitrogen and oxygen atoms in total. The van der Waals surface area contributed by atoms with Crippen LogP contribution in [0.4, 0.5) is 5.69 Å². The summed E-state index contributed by atoms with van der Waals surface area (Å²) in [5, 5.41) is 0. The van der Waals surface area contributed by atoms with Crippen molar-refractivity contribution in [1.82, 2.24) is 4.48 Å². The first-order chi connectivity index (χ1) is 13.3. The van der Waals surface area contributed by atoms with E-state index >= 15 is 0 Å². The van der Waals surface area contributed by atoms with E-state index in [1.54, 1.807) is 0 Å². The van der Waals surface area contributed by atoms with Gasteiger partial charge >= 0.3 is 6.42 Å². The van der Waals surface area contributed by atoms with Crippen molar-refractivity contribution >= 4 is 45.2 Å². The third kappa shape index (κ3) is 2.44. The van der Waals surface area contributed by atoms with Gasteiger partial charge in [0.1, 0.15) is 6.21 Å². The molecule has 3 aromatic carbocycles. The fraction of sp³-hybridized carbons (Fsp3) is 0. The van der Waals surface area contributed by atoms with Crippen LogP contribution >= 0.6 is 15.9 Å². The van der Waals surface area contributed by atoms with Crippen LogP contribution in [0.25, 0.3) is 0 Å². The molecule has 0 aliphatic carbocycles. The minimum Gasteiger partial charge on any atom is -0.449 e. The van der Waals surface area contributed by atoms with Crippen molar-refractivity contribution in [3.05, 3.63) is 113 Å². The Labute approximate surface area is 167 Å². The monoisotopic (exact) mass is 412 g/mol. The summed E-state index contributed by atoms with van der Waals surface area (Å²) >= 11 is 3.56. The smallest absolute Gasteiger partial charge is 0.434 e. The van der Waals surface area contributed by atoms with Crippen molar-refractivity contribution in [2.75, 3.05) is 0 Å². The van der Waals surface area contributed by atoms with Crippen LogP contribution in [0.5, 0.6) is 0 Å². The Kier molecular flexibility index (Phi) is 3.87. The third-order valence-corrected chi connectivity index (χ3v) is 6.07. The van der Waals surface area contributed by atoms with Gasteiger partial charge in [0, 0.05) is 16.6 Å². The van der Waals surface area contributed by atoms with Gasteiger partial charge < -0.3 is 8.96 Å². The largest absolute Gasteiger partial charge is 0.449 e. The van der Waals surface area contributed by atoms with Gasteiger partial charge in [0.25, 0.3) is 0 Å². The number of aromatic nitrogens is 1. The molecular weight excluding hydrogens is 395 g/mol. The average Bonchev–Trinajstić information content (AvgIpc) is 3.30. The molecule has 4 heteroatoms. The lowest BCUT2D eigenvalue weighted by Crippen LogP contribution is -2.68. The molecule has 0 amide bonds. The number of nitrogens with zero attached hydrogens (tertiary/aromatic N) is 2. The first-order valence-electron chi connectivity index (χ1n) is 9.13. The Morgan fingerprint density at radius 2 is 1.26 bits per heavy atom. The number of hydrogen-bond donors (Lipinski definition) is 0. The third-order valence-electron chi connectivity index (χ3n) is 5.54. The Morgan fingerprint density at radius 3 is 1.85 bits per heavy atom. The van der Waals surface area contributed by atoms with Gasteiger partial charge in [0.2, 0.25) is 0 Å². The number of fused-ring (bicyclic) bond motifs is 1. The van der Waals surface area contributed by atoms with E-state index in [9.17, 15) is 0 Å². The molecule has 2 heterocycles. The highest BCUT2D eigenvalue weighted by molar-refractivity contribution is 9.10. The summed E-state index contributed by atoms with van der Waals surface area (Å²) in [5.74, 6) is 0. The molecule has 130 valence electrons. The minimum absolute atomic E-state index is 1.09. The maximum Gasteiger partial charge on any atom is 0.434 e. The van der Waals surface area contributed by atoms with Gasteiger partial charge in [0.05, 0.1) is 5.69 Å². The predicted molar refractivity (Wildman–Crippen MR) is 117 cm³/mol. The normalized spacial score (nSPS) is 14.6. The summed E-state index contributed by atoms with van der Waals surface area (Å²) in [4.78, 5) is 0. The quantitative estimate of drug-likeness (QED) is 0.447. The van der Waals surface area contributed by atoms with Crippen LogP contribution in [0, 0.1) is 0 Å². The summed E-state index contributed by atoms with van der Waals surface area (Å²) in [6.45, 7) is 0. The topological polar surface area (TPSA) is 7.94 Å². The maximum atomic E-state index is 3.56. The number of rotatable bonds is 3. The second kappa shape index (κ2) is 6.40. The SMILES string of the molecule is Brc1ccc([N+]2=Cc3cccn3[B-]2(c2ccccc2)c2ccccc2)cc1. The van der Waals surface area contributed by atoms with Crippen LogP contribution in [0.2, 0.25) is 0 Å². The van der Waals surface area contributed by atoms with Gasteiger partial charge in [-0.05, 0) is 30.5 Å². The van der Waals surface area contributed by atoms with E-state index in [0.717, 1.165) is 4.47 Å². The van der Waals surface area contributed by atoms with Gasteiger partial charge in [-0.15, -0.1) is 10.9 Å². The van der Waals surface area contributed by atoms with E-state index in [0.29, 0.717) is 0 Å². The van der Waals surface area contributed by atoms with E-state index < -0.39 is 6.42 Å². The summed E-state index contributed by atoms with van der Waals surface area (Å²) in [6, 6.07) is 34.5. The highest BCUT2D eigenvalue weighted by Gasteiger charge is 2.48. The highest BCUT2D eigenvalue weighted by atomic mass is 79.9. The molecule has 0 atom stereocenters. The van der Waals surface area contributed by atoms with Crippen LogP contribution in [-0.4, -0.2) is 21.6 Å². The van der Waals surface area contributed by atoms with Crippen LogP contribution < -0.4 is 10.9 Å². The van der Waals surface area contributed by atoms with Crippen LogP contribution in [0.15, 0.2) is 108 Å². The summed E-state index contributed by atoms with van der Waals surface area (Å²) < 4.78 is 5.95. The molecule has 1 aromatic heterocycles. The van der Waals surface area contributed by atoms with Crippen molar-refractivity contribution in [1.29, 1.82) is 0 Å². The van der Waals surface area contributed by atoms with Crippen molar-refractivity contribution in [3.8, 4) is 0 Å². The molecule has 0 unspecified atom stereocenters. The first-order valence-corrected chi connectivity index (χ1v) is 9.93. The zero-order valence-corrected chi connectivity index (χ0v) is 16.3. The van der Waals surface area contributed by atoms with E-state index in [1.165, 1.54) is 22.3 Å². The van der Waals surface area contributed by atoms with E-state index in [2.05, 4.69) is 134 Å². The molecule has 0 saturated heterocycles. The fourth-order valence-corrected chi connectivity index (χ4v) is 4.69. The van der Waals surface area contributed by atoms with Crippen molar-refractivity contribution in [2.24, 2.45) is 0 Å². The number of halogens is 1. The molecule has 27 heavy (non-hydrogen) atoms. The Morgan fingerprint density at radius 1 is 0.667 bits per heavy atom. The first kappa shape index (κ1) is 16.3. The Balaban J connectivity index is 1.87. The van der Waals surface area contributed by atoms with Crippen LogP contribution in [0.3, 0.4) is 0 Å². The molecule has 1 aliphatic rings. The fourth-order valence-electron chi connectivity index (χ4n) is 4.42. The lowest BCUT2D eigenvalue weighted by Gasteiger charge is -2.36. The summed E-state index contributed by atoms with van der Waals surface area (Å²) in [5.41, 5.74) is 4.97. The second-order valence-corrected chi connectivity index (χ2v) is 7.87. The standard InChI is InChI=1S/C23H18BBrN2/c25-21-13-15-22(16-14-21)27-18-23-12-7-17-26(23)24(27,19-8-3-1-4-9-19)20-10-5-2-6-11-20/h1-18H. The van der Waals surface area contributed by atoms with Crippen molar-refractivity contribution in [2.45, 2.75) is 0 Å². The molecule has 0 spiro atoms. The molecule has 4 aromatic rings. The lowest BCUT2D eigenvalue weighted by molar-refractivity contribution is -0.284. The van der Waals surface area contributed by atoms with Gasteiger partial charge in [-0.3, -0.25) is 0 Å². The van der Waals surface area contributed by atoms with Gasteiger partial charge in [0.15, 0.2) is 5.69 Å². The van der Waals surface area contributed by atoms with E-state index in [1.807, 2.05) is 0 Å². The van der Waals surface area contributed by atoms with Crippen molar-refractivity contribution in [3.63, 3.8) is 0 Å². The molecule has 0 saturated carbocycles.